The first-order chi connectivity index (χ1) is 12.3. The van der Waals surface area contributed by atoms with Gasteiger partial charge >= 0.3 is 0 Å². The fourth-order valence-corrected chi connectivity index (χ4v) is 3.55. The maximum atomic E-state index is 5.90. The van der Waals surface area contributed by atoms with Crippen LogP contribution in [0.5, 0.6) is 5.75 Å². The van der Waals surface area contributed by atoms with Gasteiger partial charge in [-0.05, 0) is 42.0 Å². The number of fused-ring (bicyclic) bond motifs is 1. The van der Waals surface area contributed by atoms with E-state index < -0.39 is 0 Å². The monoisotopic (exact) mass is 338 g/mol. The molecule has 4 rings (SSSR count). The number of ether oxygens (including phenoxy) is 2. The molecule has 1 aliphatic heterocycles. The smallest absolute Gasteiger partial charge is 0.131 e. The van der Waals surface area contributed by atoms with Gasteiger partial charge in [-0.3, -0.25) is 0 Å². The quantitative estimate of drug-likeness (QED) is 0.859. The van der Waals surface area contributed by atoms with Crippen LogP contribution in [0.1, 0.15) is 42.5 Å². The maximum Gasteiger partial charge on any atom is 0.131 e. The van der Waals surface area contributed by atoms with E-state index in [-0.39, 0.29) is 0 Å². The molecule has 1 aromatic heterocycles. The Bertz CT molecular complexity index is 714. The highest BCUT2D eigenvalue weighted by Gasteiger charge is 2.36. The van der Waals surface area contributed by atoms with Crippen LogP contribution < -0.4 is 10.1 Å². The fourth-order valence-electron chi connectivity index (χ4n) is 3.55. The molecule has 0 saturated heterocycles. The highest BCUT2D eigenvalue weighted by Crippen LogP contribution is 2.49. The molecule has 0 spiro atoms. The molecule has 2 aromatic rings. The summed E-state index contributed by atoms with van der Waals surface area (Å²) in [5, 5.41) is 3.33. The summed E-state index contributed by atoms with van der Waals surface area (Å²) in [6, 6.07) is 12.8. The molecule has 2 heterocycles. The Morgan fingerprint density at radius 3 is 2.88 bits per heavy atom. The van der Waals surface area contributed by atoms with Gasteiger partial charge in [0.2, 0.25) is 0 Å². The van der Waals surface area contributed by atoms with E-state index in [1.165, 1.54) is 18.4 Å². The van der Waals surface area contributed by atoms with Crippen LogP contribution in [0.3, 0.4) is 0 Å². The van der Waals surface area contributed by atoms with E-state index in [9.17, 15) is 0 Å². The third kappa shape index (κ3) is 3.96. The number of nitrogens with one attached hydrogen (secondary N) is 1. The number of benzene rings is 1. The molecule has 4 nitrogen and oxygen atoms in total. The molecule has 0 radical (unpaired) electrons. The second-order valence-corrected chi connectivity index (χ2v) is 6.97. The van der Waals surface area contributed by atoms with Gasteiger partial charge in [-0.2, -0.15) is 0 Å². The fraction of sp³-hybridized carbons (Fsp3) is 0.476. The van der Waals surface area contributed by atoms with Gasteiger partial charge < -0.3 is 14.8 Å². The first kappa shape index (κ1) is 16.4. The van der Waals surface area contributed by atoms with Crippen molar-refractivity contribution < 1.29 is 9.47 Å². The average molecular weight is 338 g/mol. The number of nitrogens with zero attached hydrogens (tertiary/aromatic N) is 1. The minimum Gasteiger partial charge on any atom is -0.493 e. The molecule has 1 saturated carbocycles. The standard InChI is InChI=1S/C21H26N2O2/c1-2-15-13-20(15)16-4-7-19(8-5-16)25-11-9-18-6-3-17-14-24-12-10-22-21(17)23-18/h3-8,15,20H,2,9-14H2,1H3,(H,22,23). The third-order valence-corrected chi connectivity index (χ3v) is 5.22. The molecule has 132 valence electrons. The van der Waals surface area contributed by atoms with Crippen LogP contribution >= 0.6 is 0 Å². The summed E-state index contributed by atoms with van der Waals surface area (Å²) in [6.07, 6.45) is 3.44. The summed E-state index contributed by atoms with van der Waals surface area (Å²) >= 11 is 0. The normalized spacial score (nSPS) is 21.8. The molecule has 1 aromatic carbocycles. The minimum absolute atomic E-state index is 0.637. The van der Waals surface area contributed by atoms with Gasteiger partial charge in [0.25, 0.3) is 0 Å². The molecular formula is C21H26N2O2. The lowest BCUT2D eigenvalue weighted by Gasteiger charge is -2.10. The molecule has 2 unspecified atom stereocenters. The second kappa shape index (κ2) is 7.44. The predicted molar refractivity (Wildman–Crippen MR) is 99.2 cm³/mol. The molecule has 0 bridgehead atoms. The van der Waals surface area contributed by atoms with Crippen LogP contribution in [0.2, 0.25) is 0 Å². The van der Waals surface area contributed by atoms with Gasteiger partial charge in [0.15, 0.2) is 0 Å². The molecule has 0 amide bonds. The van der Waals surface area contributed by atoms with Crippen molar-refractivity contribution in [1.29, 1.82) is 0 Å². The molecule has 2 aliphatic rings. The van der Waals surface area contributed by atoms with Crippen LogP contribution in [0, 0.1) is 5.92 Å². The van der Waals surface area contributed by atoms with Crippen molar-refractivity contribution in [3.63, 3.8) is 0 Å². The topological polar surface area (TPSA) is 43.4 Å². The Balaban J connectivity index is 1.30. The first-order valence-electron chi connectivity index (χ1n) is 9.36. The van der Waals surface area contributed by atoms with Gasteiger partial charge in [0.05, 0.1) is 19.8 Å². The van der Waals surface area contributed by atoms with E-state index in [0.29, 0.717) is 13.2 Å². The number of aromatic nitrogens is 1. The second-order valence-electron chi connectivity index (χ2n) is 6.97. The zero-order valence-corrected chi connectivity index (χ0v) is 14.8. The van der Waals surface area contributed by atoms with Crippen LogP contribution in [-0.2, 0) is 17.8 Å². The zero-order valence-electron chi connectivity index (χ0n) is 14.8. The Morgan fingerprint density at radius 1 is 1.20 bits per heavy atom. The Hall–Kier alpha value is -2.07. The van der Waals surface area contributed by atoms with Gasteiger partial charge in [-0.15, -0.1) is 0 Å². The van der Waals surface area contributed by atoms with Crippen LogP contribution in [0.25, 0.3) is 0 Å². The van der Waals surface area contributed by atoms with Gasteiger partial charge in [-0.25, -0.2) is 4.98 Å². The van der Waals surface area contributed by atoms with Crippen molar-refractivity contribution in [1.82, 2.24) is 4.98 Å². The van der Waals surface area contributed by atoms with E-state index in [0.717, 1.165) is 54.2 Å². The summed E-state index contributed by atoms with van der Waals surface area (Å²) < 4.78 is 11.4. The average Bonchev–Trinajstić information content (AvgIpc) is 3.45. The highest BCUT2D eigenvalue weighted by atomic mass is 16.5. The number of pyridine rings is 1. The summed E-state index contributed by atoms with van der Waals surface area (Å²) in [6.45, 7) is 5.10. The maximum absolute atomic E-state index is 5.90. The van der Waals surface area contributed by atoms with Crippen LogP contribution in [0.4, 0.5) is 5.82 Å². The molecule has 1 fully saturated rings. The summed E-state index contributed by atoms with van der Waals surface area (Å²) in [4.78, 5) is 4.70. The van der Waals surface area contributed by atoms with Crippen molar-refractivity contribution in [3.8, 4) is 5.75 Å². The van der Waals surface area contributed by atoms with E-state index in [1.807, 2.05) is 0 Å². The molecule has 25 heavy (non-hydrogen) atoms. The molecule has 2 atom stereocenters. The lowest BCUT2D eigenvalue weighted by atomic mass is 10.1. The van der Waals surface area contributed by atoms with Crippen molar-refractivity contribution >= 4 is 5.82 Å². The van der Waals surface area contributed by atoms with Gasteiger partial charge in [0.1, 0.15) is 11.6 Å². The first-order valence-corrected chi connectivity index (χ1v) is 9.36. The lowest BCUT2D eigenvalue weighted by molar-refractivity contribution is 0.134. The summed E-state index contributed by atoms with van der Waals surface area (Å²) in [7, 11) is 0. The lowest BCUT2D eigenvalue weighted by Crippen LogP contribution is -2.08. The predicted octanol–water partition coefficient (Wildman–Crippen LogP) is 4.16. The molecule has 1 N–H and O–H groups in total. The minimum atomic E-state index is 0.637. The SMILES string of the molecule is CCC1CC1c1ccc(OCCc2ccc3c(n2)NCCOC3)cc1. The molecular weight excluding hydrogens is 312 g/mol. The van der Waals surface area contributed by atoms with Crippen molar-refractivity contribution in [2.75, 3.05) is 25.1 Å². The van der Waals surface area contributed by atoms with Crippen molar-refractivity contribution in [3.05, 3.63) is 53.2 Å². The Kier molecular flexibility index (Phi) is 4.88. The number of hydrogen-bond acceptors (Lipinski definition) is 4. The molecule has 1 aliphatic carbocycles. The van der Waals surface area contributed by atoms with E-state index in [4.69, 9.17) is 14.5 Å². The van der Waals surface area contributed by atoms with E-state index in [2.05, 4.69) is 48.6 Å². The van der Waals surface area contributed by atoms with Crippen molar-refractivity contribution in [2.45, 2.75) is 38.7 Å². The molecule has 4 heteroatoms. The number of hydrogen-bond donors (Lipinski definition) is 1. The zero-order chi connectivity index (χ0) is 17.1. The summed E-state index contributed by atoms with van der Waals surface area (Å²) in [5.41, 5.74) is 3.64. The largest absolute Gasteiger partial charge is 0.493 e. The van der Waals surface area contributed by atoms with Gasteiger partial charge in [0, 0.05) is 24.2 Å². The van der Waals surface area contributed by atoms with E-state index >= 15 is 0 Å². The number of anilines is 1. The van der Waals surface area contributed by atoms with Crippen molar-refractivity contribution in [2.24, 2.45) is 5.92 Å². The highest BCUT2D eigenvalue weighted by molar-refractivity contribution is 5.45. The summed E-state index contributed by atoms with van der Waals surface area (Å²) in [5.74, 6) is 3.57. The Labute approximate surface area is 149 Å². The van der Waals surface area contributed by atoms with Crippen LogP contribution in [-0.4, -0.2) is 24.7 Å². The van der Waals surface area contributed by atoms with E-state index in [1.54, 1.807) is 0 Å². The number of rotatable bonds is 6. The van der Waals surface area contributed by atoms with Crippen LogP contribution in [0.15, 0.2) is 36.4 Å². The Morgan fingerprint density at radius 2 is 2.08 bits per heavy atom. The van der Waals surface area contributed by atoms with Gasteiger partial charge in [-0.1, -0.05) is 31.5 Å². The third-order valence-electron chi connectivity index (χ3n) is 5.22.